The van der Waals surface area contributed by atoms with Crippen LogP contribution < -0.4 is 10.6 Å². The third-order valence-corrected chi connectivity index (χ3v) is 4.97. The predicted molar refractivity (Wildman–Crippen MR) is 84.6 cm³/mol. The molecule has 0 atom stereocenters. The average Bonchev–Trinajstić information content (AvgIpc) is 2.45. The van der Waals surface area contributed by atoms with E-state index in [1.807, 2.05) is 25.1 Å². The Morgan fingerprint density at radius 1 is 1.35 bits per heavy atom. The van der Waals surface area contributed by atoms with Crippen LogP contribution in [0.2, 0.25) is 0 Å². The van der Waals surface area contributed by atoms with Gasteiger partial charge in [0.05, 0.1) is 0 Å². The Kier molecular flexibility index (Phi) is 5.17. The molecule has 1 saturated heterocycles. The number of rotatable bonds is 4. The second-order valence-corrected chi connectivity index (χ2v) is 6.89. The predicted octanol–water partition coefficient (Wildman–Crippen LogP) is 2.67. The lowest BCUT2D eigenvalue weighted by atomic mass is 10.1. The molecule has 0 radical (unpaired) electrons. The van der Waals surface area contributed by atoms with Crippen molar-refractivity contribution in [2.24, 2.45) is 0 Å². The molecule has 1 fully saturated rings. The van der Waals surface area contributed by atoms with Crippen LogP contribution in [-0.4, -0.2) is 27.7 Å². The number of anilines is 2. The van der Waals surface area contributed by atoms with Gasteiger partial charge in [0.15, 0.2) is 0 Å². The summed E-state index contributed by atoms with van der Waals surface area (Å²) in [5.41, 5.74) is 3.03. The molecule has 0 unspecified atom stereocenters. The maximum Gasteiger partial charge on any atom is 0.224 e. The van der Waals surface area contributed by atoms with Crippen LogP contribution in [0.5, 0.6) is 0 Å². The normalized spacial score (nSPS) is 22.3. The smallest absolute Gasteiger partial charge is 0.224 e. The van der Waals surface area contributed by atoms with E-state index in [-0.39, 0.29) is 5.91 Å². The first-order chi connectivity index (χ1) is 9.58. The van der Waals surface area contributed by atoms with E-state index in [0.717, 1.165) is 41.3 Å². The van der Waals surface area contributed by atoms with Crippen molar-refractivity contribution in [1.82, 2.24) is 0 Å². The first-order valence-electron chi connectivity index (χ1n) is 7.10. The topological polar surface area (TPSA) is 58.2 Å². The van der Waals surface area contributed by atoms with Crippen molar-refractivity contribution >= 4 is 28.1 Å². The minimum atomic E-state index is -0.635. The van der Waals surface area contributed by atoms with Crippen molar-refractivity contribution in [3.8, 4) is 0 Å². The van der Waals surface area contributed by atoms with Gasteiger partial charge in [-0.2, -0.15) is 0 Å². The first-order valence-corrected chi connectivity index (χ1v) is 8.59. The maximum absolute atomic E-state index is 11.4. The molecule has 1 amide bonds. The van der Waals surface area contributed by atoms with Crippen LogP contribution in [0.25, 0.3) is 0 Å². The summed E-state index contributed by atoms with van der Waals surface area (Å²) in [5, 5.41) is 6.39. The molecule has 5 heteroatoms. The van der Waals surface area contributed by atoms with Crippen LogP contribution in [0, 0.1) is 6.92 Å². The molecular formula is C15H22N2O2S. The van der Waals surface area contributed by atoms with E-state index in [2.05, 4.69) is 17.6 Å². The van der Waals surface area contributed by atoms with Gasteiger partial charge in [-0.3, -0.25) is 9.00 Å². The molecule has 2 N–H and O–H groups in total. The number of carbonyl (C=O) groups is 1. The standard InChI is InChI=1S/C15H22N2O2S/c1-3-15(18)17-13-5-4-11(2)14(10-13)16-12-6-8-20(19)9-7-12/h4-5,10,12,16H,3,6-9H2,1-2H3,(H,17,18). The van der Waals surface area contributed by atoms with Gasteiger partial charge >= 0.3 is 0 Å². The summed E-state index contributed by atoms with van der Waals surface area (Å²) in [6.45, 7) is 3.89. The van der Waals surface area contributed by atoms with Gasteiger partial charge < -0.3 is 10.6 Å². The highest BCUT2D eigenvalue weighted by molar-refractivity contribution is 7.85. The molecule has 0 bridgehead atoms. The zero-order valence-electron chi connectivity index (χ0n) is 12.1. The summed E-state index contributed by atoms with van der Waals surface area (Å²) in [4.78, 5) is 11.4. The van der Waals surface area contributed by atoms with Gasteiger partial charge in [-0.05, 0) is 37.5 Å². The molecule has 0 spiro atoms. The molecular weight excluding hydrogens is 272 g/mol. The third-order valence-electron chi connectivity index (χ3n) is 3.59. The van der Waals surface area contributed by atoms with Gasteiger partial charge in [0.2, 0.25) is 5.91 Å². The molecule has 0 aliphatic carbocycles. The zero-order chi connectivity index (χ0) is 14.5. The van der Waals surface area contributed by atoms with Crippen molar-refractivity contribution in [2.75, 3.05) is 22.1 Å². The van der Waals surface area contributed by atoms with Crippen molar-refractivity contribution in [3.05, 3.63) is 23.8 Å². The lowest BCUT2D eigenvalue weighted by molar-refractivity contribution is -0.115. The summed E-state index contributed by atoms with van der Waals surface area (Å²) in [6, 6.07) is 6.29. The van der Waals surface area contributed by atoms with Crippen LogP contribution in [0.15, 0.2) is 18.2 Å². The van der Waals surface area contributed by atoms with Crippen LogP contribution in [0.3, 0.4) is 0 Å². The van der Waals surface area contributed by atoms with E-state index < -0.39 is 10.8 Å². The van der Waals surface area contributed by atoms with Crippen molar-refractivity contribution in [2.45, 2.75) is 39.2 Å². The Balaban J connectivity index is 2.04. The second-order valence-electron chi connectivity index (χ2n) is 5.20. The van der Waals surface area contributed by atoms with Crippen LogP contribution in [0.4, 0.5) is 11.4 Å². The SMILES string of the molecule is CCC(=O)Nc1ccc(C)c(NC2CCS(=O)CC2)c1. The highest BCUT2D eigenvalue weighted by atomic mass is 32.2. The van der Waals surface area contributed by atoms with Crippen molar-refractivity contribution in [3.63, 3.8) is 0 Å². The lowest BCUT2D eigenvalue weighted by Crippen LogP contribution is -2.29. The van der Waals surface area contributed by atoms with Crippen LogP contribution in [-0.2, 0) is 15.6 Å². The van der Waals surface area contributed by atoms with Gasteiger partial charge in [-0.25, -0.2) is 0 Å². The van der Waals surface area contributed by atoms with Crippen molar-refractivity contribution < 1.29 is 9.00 Å². The molecule has 4 nitrogen and oxygen atoms in total. The van der Waals surface area contributed by atoms with Gasteiger partial charge in [0.25, 0.3) is 0 Å². The first kappa shape index (κ1) is 15.0. The Hall–Kier alpha value is -1.36. The van der Waals surface area contributed by atoms with E-state index in [1.165, 1.54) is 0 Å². The number of carbonyl (C=O) groups excluding carboxylic acids is 1. The van der Waals surface area contributed by atoms with Gasteiger partial charge in [0.1, 0.15) is 0 Å². The number of amides is 1. The van der Waals surface area contributed by atoms with Crippen LogP contribution in [0.1, 0.15) is 31.7 Å². The summed E-state index contributed by atoms with van der Waals surface area (Å²) in [6.07, 6.45) is 2.36. The Labute approximate surface area is 122 Å². The number of aryl methyl sites for hydroxylation is 1. The minimum Gasteiger partial charge on any atom is -0.382 e. The largest absolute Gasteiger partial charge is 0.382 e. The Morgan fingerprint density at radius 2 is 2.05 bits per heavy atom. The third kappa shape index (κ3) is 4.07. The fourth-order valence-electron chi connectivity index (χ4n) is 2.26. The number of hydrogen-bond donors (Lipinski definition) is 2. The molecule has 1 aliphatic heterocycles. The van der Waals surface area contributed by atoms with Crippen molar-refractivity contribution in [1.29, 1.82) is 0 Å². The van der Waals surface area contributed by atoms with Gasteiger partial charge in [-0.1, -0.05) is 13.0 Å². The van der Waals surface area contributed by atoms with Gasteiger partial charge in [-0.15, -0.1) is 0 Å². The molecule has 1 heterocycles. The average molecular weight is 294 g/mol. The molecule has 1 aromatic rings. The van der Waals surface area contributed by atoms with E-state index >= 15 is 0 Å². The molecule has 2 rings (SSSR count). The molecule has 1 aromatic carbocycles. The maximum atomic E-state index is 11.4. The number of benzene rings is 1. The molecule has 20 heavy (non-hydrogen) atoms. The molecule has 110 valence electrons. The molecule has 0 saturated carbocycles. The fourth-order valence-corrected chi connectivity index (χ4v) is 3.56. The second kappa shape index (κ2) is 6.88. The molecule has 1 aliphatic rings. The Bertz CT molecular complexity index is 507. The minimum absolute atomic E-state index is 0.0212. The molecule has 0 aromatic heterocycles. The highest BCUT2D eigenvalue weighted by Gasteiger charge is 2.18. The van der Waals surface area contributed by atoms with E-state index in [9.17, 15) is 9.00 Å². The summed E-state index contributed by atoms with van der Waals surface area (Å²) in [7, 11) is -0.635. The lowest BCUT2D eigenvalue weighted by Gasteiger charge is -2.24. The monoisotopic (exact) mass is 294 g/mol. The van der Waals surface area contributed by atoms with E-state index in [4.69, 9.17) is 0 Å². The number of hydrogen-bond acceptors (Lipinski definition) is 3. The summed E-state index contributed by atoms with van der Waals surface area (Å²) in [5.74, 6) is 1.58. The fraction of sp³-hybridized carbons (Fsp3) is 0.533. The zero-order valence-corrected chi connectivity index (χ0v) is 12.9. The van der Waals surface area contributed by atoms with E-state index in [1.54, 1.807) is 0 Å². The summed E-state index contributed by atoms with van der Waals surface area (Å²) < 4.78 is 11.4. The number of nitrogens with one attached hydrogen (secondary N) is 2. The highest BCUT2D eigenvalue weighted by Crippen LogP contribution is 2.23. The Morgan fingerprint density at radius 3 is 2.70 bits per heavy atom. The quantitative estimate of drug-likeness (QED) is 0.897. The van der Waals surface area contributed by atoms with Crippen LogP contribution >= 0.6 is 0 Å². The summed E-state index contributed by atoms with van der Waals surface area (Å²) >= 11 is 0. The van der Waals surface area contributed by atoms with Gasteiger partial charge in [0, 0.05) is 46.1 Å². The van der Waals surface area contributed by atoms with E-state index in [0.29, 0.717) is 12.5 Å².